The first kappa shape index (κ1) is 13.2. The van der Waals surface area contributed by atoms with E-state index in [1.54, 1.807) is 7.05 Å². The molecule has 3 nitrogen and oxygen atoms in total. The van der Waals surface area contributed by atoms with Gasteiger partial charge in [0.25, 0.3) is 0 Å². The highest BCUT2D eigenvalue weighted by atomic mass is 19.4. The molecule has 0 saturated heterocycles. The minimum atomic E-state index is -4.17. The topological polar surface area (TPSA) is 45.0 Å². The zero-order valence-corrected chi connectivity index (χ0v) is 7.90. The lowest BCUT2D eigenvalue weighted by atomic mass is 10.2. The van der Waals surface area contributed by atoms with Gasteiger partial charge in [-0.3, -0.25) is 0 Å². The molecule has 0 aliphatic rings. The monoisotopic (exact) mass is 210 g/mol. The van der Waals surface area contributed by atoms with Gasteiger partial charge in [0.1, 0.15) is 0 Å². The second kappa shape index (κ2) is 6.62. The van der Waals surface area contributed by atoms with E-state index in [1.807, 2.05) is 6.07 Å². The molecule has 1 unspecified atom stereocenters. The Morgan fingerprint density at radius 3 is 2.50 bits per heavy atom. The van der Waals surface area contributed by atoms with Crippen molar-refractivity contribution in [3.63, 3.8) is 0 Å². The van der Waals surface area contributed by atoms with E-state index in [0.29, 0.717) is 6.42 Å². The van der Waals surface area contributed by atoms with Gasteiger partial charge in [-0.15, -0.1) is 0 Å². The predicted molar refractivity (Wildman–Crippen MR) is 44.6 cm³/mol. The highest BCUT2D eigenvalue weighted by Crippen LogP contribution is 2.18. The summed E-state index contributed by atoms with van der Waals surface area (Å²) in [6, 6.07) is 1.59. The number of rotatable bonds is 6. The average molecular weight is 210 g/mol. The number of hydrogen-bond donors (Lipinski definition) is 1. The number of nitrogens with one attached hydrogen (secondary N) is 1. The summed E-state index contributed by atoms with van der Waals surface area (Å²) in [5.41, 5.74) is 0. The Kier molecular flexibility index (Phi) is 6.25. The molecule has 0 radical (unpaired) electrons. The van der Waals surface area contributed by atoms with Gasteiger partial charge in [0.2, 0.25) is 0 Å². The smallest absolute Gasteiger partial charge is 0.381 e. The fraction of sp³-hybridized carbons (Fsp3) is 0.875. The van der Waals surface area contributed by atoms with Crippen molar-refractivity contribution in [1.29, 1.82) is 5.26 Å². The second-order valence-corrected chi connectivity index (χ2v) is 2.74. The standard InChI is InChI=1S/C8H13F3N2O/c1-13-7(6-12)2-4-14-5-3-8(9,10)11/h7,13H,2-5H2,1H3. The average Bonchev–Trinajstić information content (AvgIpc) is 2.09. The quantitative estimate of drug-likeness (QED) is 0.675. The van der Waals surface area contributed by atoms with Crippen LogP contribution in [0.15, 0.2) is 0 Å². The summed E-state index contributed by atoms with van der Waals surface area (Å²) in [5, 5.41) is 11.2. The van der Waals surface area contributed by atoms with Crippen LogP contribution in [0.5, 0.6) is 0 Å². The van der Waals surface area contributed by atoms with Crippen LogP contribution in [-0.2, 0) is 4.74 Å². The molecular weight excluding hydrogens is 197 g/mol. The SMILES string of the molecule is CNC(C#N)CCOCCC(F)(F)F. The van der Waals surface area contributed by atoms with Crippen molar-refractivity contribution in [2.75, 3.05) is 20.3 Å². The molecule has 0 saturated carbocycles. The van der Waals surface area contributed by atoms with Crippen LogP contribution in [0.1, 0.15) is 12.8 Å². The van der Waals surface area contributed by atoms with Gasteiger partial charge in [0.05, 0.1) is 25.1 Å². The minimum Gasteiger partial charge on any atom is -0.381 e. The third-order valence-corrected chi connectivity index (χ3v) is 1.59. The Labute approximate surface area is 80.8 Å². The zero-order valence-electron chi connectivity index (χ0n) is 7.90. The van der Waals surface area contributed by atoms with Gasteiger partial charge in [-0.25, -0.2) is 0 Å². The number of halogens is 3. The van der Waals surface area contributed by atoms with Gasteiger partial charge in [0.15, 0.2) is 0 Å². The molecular formula is C8H13F3N2O. The predicted octanol–water partition coefficient (Wildman–Crippen LogP) is 1.46. The lowest BCUT2D eigenvalue weighted by Crippen LogP contribution is -2.25. The van der Waals surface area contributed by atoms with Crippen molar-refractivity contribution < 1.29 is 17.9 Å². The van der Waals surface area contributed by atoms with Crippen molar-refractivity contribution in [2.45, 2.75) is 25.1 Å². The normalized spacial score (nSPS) is 13.6. The molecule has 0 aromatic carbocycles. The maximum Gasteiger partial charge on any atom is 0.391 e. The first-order chi connectivity index (χ1) is 6.49. The summed E-state index contributed by atoms with van der Waals surface area (Å²) in [5.74, 6) is 0. The third kappa shape index (κ3) is 7.83. The van der Waals surface area contributed by atoms with Crippen molar-refractivity contribution in [2.24, 2.45) is 0 Å². The zero-order chi connectivity index (χ0) is 11.0. The van der Waals surface area contributed by atoms with Gasteiger partial charge in [-0.05, 0) is 13.5 Å². The van der Waals surface area contributed by atoms with Crippen LogP contribution in [0, 0.1) is 11.3 Å². The van der Waals surface area contributed by atoms with Crippen LogP contribution < -0.4 is 5.32 Å². The van der Waals surface area contributed by atoms with Gasteiger partial charge in [-0.1, -0.05) is 0 Å². The number of alkyl halides is 3. The van der Waals surface area contributed by atoms with Crippen LogP contribution in [0.2, 0.25) is 0 Å². The van der Waals surface area contributed by atoms with E-state index in [0.717, 1.165) is 0 Å². The molecule has 0 aliphatic heterocycles. The van der Waals surface area contributed by atoms with Crippen molar-refractivity contribution >= 4 is 0 Å². The molecule has 0 amide bonds. The number of hydrogen-bond acceptors (Lipinski definition) is 3. The van der Waals surface area contributed by atoms with Gasteiger partial charge < -0.3 is 10.1 Å². The lowest BCUT2D eigenvalue weighted by Gasteiger charge is -2.09. The molecule has 0 spiro atoms. The van der Waals surface area contributed by atoms with E-state index in [2.05, 4.69) is 5.32 Å². The van der Waals surface area contributed by atoms with Crippen LogP contribution in [0.4, 0.5) is 13.2 Å². The van der Waals surface area contributed by atoms with Crippen LogP contribution in [0.3, 0.4) is 0 Å². The van der Waals surface area contributed by atoms with Crippen molar-refractivity contribution in [1.82, 2.24) is 5.32 Å². The Morgan fingerprint density at radius 2 is 2.07 bits per heavy atom. The molecule has 82 valence electrons. The molecule has 14 heavy (non-hydrogen) atoms. The minimum absolute atomic E-state index is 0.162. The largest absolute Gasteiger partial charge is 0.391 e. The van der Waals surface area contributed by atoms with E-state index in [-0.39, 0.29) is 19.3 Å². The number of ether oxygens (including phenoxy) is 1. The van der Waals surface area contributed by atoms with Gasteiger partial charge >= 0.3 is 6.18 Å². The van der Waals surface area contributed by atoms with E-state index in [9.17, 15) is 13.2 Å². The Balaban J connectivity index is 3.35. The molecule has 1 atom stereocenters. The molecule has 0 fully saturated rings. The molecule has 0 rings (SSSR count). The molecule has 1 N–H and O–H groups in total. The highest BCUT2D eigenvalue weighted by molar-refractivity contribution is 4.87. The van der Waals surface area contributed by atoms with Gasteiger partial charge in [-0.2, -0.15) is 18.4 Å². The van der Waals surface area contributed by atoms with E-state index in [4.69, 9.17) is 10.00 Å². The summed E-state index contributed by atoms with van der Waals surface area (Å²) < 4.78 is 39.6. The molecule has 0 bridgehead atoms. The Morgan fingerprint density at radius 1 is 1.43 bits per heavy atom. The number of nitriles is 1. The summed E-state index contributed by atoms with van der Waals surface area (Å²) in [6.45, 7) is -0.180. The van der Waals surface area contributed by atoms with Crippen molar-refractivity contribution in [3.8, 4) is 6.07 Å². The highest BCUT2D eigenvalue weighted by Gasteiger charge is 2.26. The van der Waals surface area contributed by atoms with Gasteiger partial charge in [0, 0.05) is 6.61 Å². The van der Waals surface area contributed by atoms with E-state index >= 15 is 0 Å². The summed E-state index contributed by atoms with van der Waals surface area (Å²) in [7, 11) is 1.61. The van der Waals surface area contributed by atoms with Crippen LogP contribution in [-0.4, -0.2) is 32.5 Å². The molecule has 0 aromatic rings. The number of nitrogens with zero attached hydrogens (tertiary/aromatic N) is 1. The van der Waals surface area contributed by atoms with E-state index in [1.165, 1.54) is 0 Å². The molecule has 0 heterocycles. The second-order valence-electron chi connectivity index (χ2n) is 2.74. The van der Waals surface area contributed by atoms with Crippen molar-refractivity contribution in [3.05, 3.63) is 0 Å². The maximum absolute atomic E-state index is 11.6. The van der Waals surface area contributed by atoms with Crippen LogP contribution >= 0.6 is 0 Å². The van der Waals surface area contributed by atoms with Crippen LogP contribution in [0.25, 0.3) is 0 Å². The first-order valence-corrected chi connectivity index (χ1v) is 4.21. The maximum atomic E-state index is 11.6. The summed E-state index contributed by atoms with van der Waals surface area (Å²) >= 11 is 0. The molecule has 0 aromatic heterocycles. The molecule has 6 heteroatoms. The fourth-order valence-corrected chi connectivity index (χ4v) is 0.765. The Bertz CT molecular complexity index is 188. The summed E-state index contributed by atoms with van der Waals surface area (Å²) in [6.07, 6.45) is -4.72. The summed E-state index contributed by atoms with van der Waals surface area (Å²) in [4.78, 5) is 0. The third-order valence-electron chi connectivity index (χ3n) is 1.59. The Hall–Kier alpha value is -0.800. The molecule has 0 aliphatic carbocycles. The first-order valence-electron chi connectivity index (χ1n) is 4.21. The lowest BCUT2D eigenvalue weighted by molar-refractivity contribution is -0.145. The van der Waals surface area contributed by atoms with E-state index < -0.39 is 12.6 Å². The fourth-order valence-electron chi connectivity index (χ4n) is 0.765.